The number of aryl methyl sites for hydroxylation is 2. The second-order valence-electron chi connectivity index (χ2n) is 4.58. The van der Waals surface area contributed by atoms with Crippen molar-refractivity contribution in [1.82, 2.24) is 4.57 Å². The molecule has 0 spiro atoms. The molecule has 0 atom stereocenters. The van der Waals surface area contributed by atoms with Gasteiger partial charge in [-0.2, -0.15) is 0 Å². The molecule has 0 fully saturated rings. The maximum atomic E-state index is 12.2. The number of aromatic nitrogens is 1. The summed E-state index contributed by atoms with van der Waals surface area (Å²) in [6.45, 7) is 3.97. The van der Waals surface area contributed by atoms with Crippen molar-refractivity contribution in [3.63, 3.8) is 0 Å². The average Bonchev–Trinajstić information content (AvgIpc) is 2.87. The minimum absolute atomic E-state index is 0.0738. The number of amides is 1. The van der Waals surface area contributed by atoms with E-state index in [2.05, 4.69) is 5.32 Å². The first-order valence-corrected chi connectivity index (χ1v) is 6.38. The monoisotopic (exact) mass is 289 g/mol. The molecule has 7 nitrogen and oxygen atoms in total. The van der Waals surface area contributed by atoms with Gasteiger partial charge in [0.25, 0.3) is 11.6 Å². The summed E-state index contributed by atoms with van der Waals surface area (Å²) < 4.78 is 1.50. The molecular weight excluding hydrogens is 274 g/mol. The number of rotatable bonds is 4. The van der Waals surface area contributed by atoms with E-state index in [4.69, 9.17) is 0 Å². The quantitative estimate of drug-likeness (QED) is 0.668. The lowest BCUT2D eigenvalue weighted by molar-refractivity contribution is -0.384. The number of phenolic OH excluding ortho intramolecular Hbond substituents is 1. The number of anilines is 1. The summed E-state index contributed by atoms with van der Waals surface area (Å²) in [6, 6.07) is 5.99. The number of phenols is 1. The van der Waals surface area contributed by atoms with Crippen molar-refractivity contribution in [3.8, 4) is 5.75 Å². The van der Waals surface area contributed by atoms with Gasteiger partial charge in [-0.05, 0) is 25.5 Å². The Morgan fingerprint density at radius 3 is 2.71 bits per heavy atom. The highest BCUT2D eigenvalue weighted by atomic mass is 16.6. The van der Waals surface area contributed by atoms with E-state index >= 15 is 0 Å². The summed E-state index contributed by atoms with van der Waals surface area (Å²) >= 11 is 0. The molecule has 21 heavy (non-hydrogen) atoms. The topological polar surface area (TPSA) is 97.4 Å². The van der Waals surface area contributed by atoms with Gasteiger partial charge in [0.1, 0.15) is 11.4 Å². The van der Waals surface area contributed by atoms with Crippen molar-refractivity contribution in [2.45, 2.75) is 20.4 Å². The van der Waals surface area contributed by atoms with Crippen molar-refractivity contribution in [1.29, 1.82) is 0 Å². The Kier molecular flexibility index (Phi) is 3.93. The number of nitro groups is 1. The highest BCUT2D eigenvalue weighted by molar-refractivity contribution is 6.03. The van der Waals surface area contributed by atoms with Gasteiger partial charge >= 0.3 is 0 Å². The number of carbonyl (C=O) groups excluding carboxylic acids is 1. The third-order valence-electron chi connectivity index (χ3n) is 3.13. The fraction of sp³-hybridized carbons (Fsp3) is 0.214. The average molecular weight is 289 g/mol. The van der Waals surface area contributed by atoms with E-state index < -0.39 is 10.8 Å². The maximum Gasteiger partial charge on any atom is 0.287 e. The second-order valence-corrected chi connectivity index (χ2v) is 4.58. The number of carbonyl (C=O) groups is 1. The van der Waals surface area contributed by atoms with Crippen LogP contribution in [0.15, 0.2) is 30.5 Å². The number of nitrogens with one attached hydrogen (secondary N) is 1. The van der Waals surface area contributed by atoms with E-state index in [-0.39, 0.29) is 17.1 Å². The van der Waals surface area contributed by atoms with Crippen LogP contribution in [0.25, 0.3) is 0 Å². The second kappa shape index (κ2) is 5.66. The largest absolute Gasteiger partial charge is 0.508 e. The number of benzene rings is 1. The molecule has 0 saturated heterocycles. The molecule has 0 unspecified atom stereocenters. The highest BCUT2D eigenvalue weighted by Gasteiger charge is 2.18. The molecule has 0 bridgehead atoms. The van der Waals surface area contributed by atoms with Crippen molar-refractivity contribution >= 4 is 17.3 Å². The van der Waals surface area contributed by atoms with Crippen LogP contribution in [0.5, 0.6) is 5.75 Å². The van der Waals surface area contributed by atoms with Crippen LogP contribution < -0.4 is 5.32 Å². The van der Waals surface area contributed by atoms with Gasteiger partial charge in [-0.1, -0.05) is 6.07 Å². The minimum Gasteiger partial charge on any atom is -0.508 e. The van der Waals surface area contributed by atoms with Crippen LogP contribution >= 0.6 is 0 Å². The smallest absolute Gasteiger partial charge is 0.287 e. The van der Waals surface area contributed by atoms with Gasteiger partial charge in [0.15, 0.2) is 0 Å². The van der Waals surface area contributed by atoms with Crippen LogP contribution in [-0.4, -0.2) is 20.5 Å². The zero-order valence-electron chi connectivity index (χ0n) is 11.7. The molecular formula is C14H15N3O4. The summed E-state index contributed by atoms with van der Waals surface area (Å²) in [7, 11) is 0. The summed E-state index contributed by atoms with van der Waals surface area (Å²) in [5.41, 5.74) is 1.19. The lowest BCUT2D eigenvalue weighted by Gasteiger charge is -2.08. The molecule has 1 amide bonds. The predicted molar refractivity (Wildman–Crippen MR) is 77.6 cm³/mol. The molecule has 0 aliphatic rings. The lowest BCUT2D eigenvalue weighted by Crippen LogP contribution is -2.16. The van der Waals surface area contributed by atoms with Gasteiger partial charge in [-0.3, -0.25) is 14.9 Å². The van der Waals surface area contributed by atoms with Crippen LogP contribution in [0.1, 0.15) is 23.0 Å². The first-order valence-electron chi connectivity index (χ1n) is 6.38. The van der Waals surface area contributed by atoms with E-state index in [0.717, 1.165) is 0 Å². The normalized spacial score (nSPS) is 10.4. The standard InChI is InChI=1S/C14H15N3O4/c1-3-16-8-11(17(20)21)7-12(16)14(19)15-10-5-4-9(2)13(18)6-10/h4-8,18H,3H2,1-2H3,(H,15,19). The van der Waals surface area contributed by atoms with Crippen LogP contribution in [0.3, 0.4) is 0 Å². The molecule has 0 saturated carbocycles. The van der Waals surface area contributed by atoms with Gasteiger partial charge < -0.3 is 15.0 Å². The highest BCUT2D eigenvalue weighted by Crippen LogP contribution is 2.22. The van der Waals surface area contributed by atoms with Gasteiger partial charge in [0.2, 0.25) is 0 Å². The van der Waals surface area contributed by atoms with Crippen molar-refractivity contribution in [3.05, 3.63) is 51.8 Å². The van der Waals surface area contributed by atoms with E-state index in [9.17, 15) is 20.0 Å². The fourth-order valence-electron chi connectivity index (χ4n) is 1.93. The predicted octanol–water partition coefficient (Wildman–Crippen LogP) is 2.68. The zero-order valence-corrected chi connectivity index (χ0v) is 11.7. The molecule has 1 aromatic heterocycles. The Hall–Kier alpha value is -2.83. The van der Waals surface area contributed by atoms with E-state index in [1.54, 1.807) is 26.0 Å². The molecule has 110 valence electrons. The molecule has 0 radical (unpaired) electrons. The third-order valence-corrected chi connectivity index (χ3v) is 3.13. The summed E-state index contributed by atoms with van der Waals surface area (Å²) in [6.07, 6.45) is 1.32. The van der Waals surface area contributed by atoms with E-state index in [1.807, 2.05) is 0 Å². The van der Waals surface area contributed by atoms with Crippen LogP contribution in [0.2, 0.25) is 0 Å². The van der Waals surface area contributed by atoms with Crippen molar-refractivity contribution in [2.24, 2.45) is 0 Å². The number of nitrogens with zero attached hydrogens (tertiary/aromatic N) is 2. The van der Waals surface area contributed by atoms with Gasteiger partial charge in [-0.25, -0.2) is 0 Å². The SMILES string of the molecule is CCn1cc([N+](=O)[O-])cc1C(=O)Nc1ccc(C)c(O)c1. The summed E-state index contributed by atoms with van der Waals surface area (Å²) in [5, 5.41) is 23.0. The van der Waals surface area contributed by atoms with Gasteiger partial charge in [0.05, 0.1) is 11.1 Å². The van der Waals surface area contributed by atoms with Crippen LogP contribution in [0.4, 0.5) is 11.4 Å². The molecule has 2 aromatic rings. The van der Waals surface area contributed by atoms with Crippen molar-refractivity contribution < 1.29 is 14.8 Å². The first-order chi connectivity index (χ1) is 9.92. The summed E-state index contributed by atoms with van der Waals surface area (Å²) in [4.78, 5) is 22.4. The lowest BCUT2D eigenvalue weighted by atomic mass is 10.2. The Balaban J connectivity index is 2.27. The molecule has 0 aliphatic carbocycles. The van der Waals surface area contributed by atoms with Crippen LogP contribution in [0, 0.1) is 17.0 Å². The molecule has 2 rings (SSSR count). The van der Waals surface area contributed by atoms with E-state index in [0.29, 0.717) is 17.8 Å². The molecule has 1 aromatic carbocycles. The van der Waals surface area contributed by atoms with E-state index in [1.165, 1.54) is 22.9 Å². The third kappa shape index (κ3) is 3.02. The van der Waals surface area contributed by atoms with Crippen molar-refractivity contribution in [2.75, 3.05) is 5.32 Å². The number of hydrogen-bond acceptors (Lipinski definition) is 4. The zero-order chi connectivity index (χ0) is 15.6. The van der Waals surface area contributed by atoms with Gasteiger partial charge in [-0.15, -0.1) is 0 Å². The minimum atomic E-state index is -0.541. The molecule has 1 heterocycles. The maximum absolute atomic E-state index is 12.2. The first kappa shape index (κ1) is 14.6. The molecule has 2 N–H and O–H groups in total. The Bertz CT molecular complexity index is 706. The molecule has 7 heteroatoms. The number of hydrogen-bond donors (Lipinski definition) is 2. The molecule has 0 aliphatic heterocycles. The summed E-state index contributed by atoms with van der Waals surface area (Å²) in [5.74, 6) is -0.391. The van der Waals surface area contributed by atoms with Crippen LogP contribution in [-0.2, 0) is 6.54 Å². The Morgan fingerprint density at radius 1 is 1.43 bits per heavy atom. The Morgan fingerprint density at radius 2 is 2.14 bits per heavy atom. The number of aromatic hydroxyl groups is 1. The Labute approximate surface area is 121 Å². The fourth-order valence-corrected chi connectivity index (χ4v) is 1.93. The van der Waals surface area contributed by atoms with Gasteiger partial charge in [0, 0.05) is 24.4 Å².